The van der Waals surface area contributed by atoms with E-state index in [1.165, 1.54) is 0 Å². The number of hydrogen-bond acceptors (Lipinski definition) is 4. The van der Waals surface area contributed by atoms with Gasteiger partial charge in [-0.15, -0.1) is 0 Å². The number of nitrogens with zero attached hydrogens (tertiary/aromatic N) is 3. The molecule has 1 aliphatic carbocycles. The molecular weight excluding hydrogens is 388 g/mol. The number of likely N-dealkylation sites (N-methyl/N-ethyl adjacent to an activating group) is 1. The molecule has 158 valence electrons. The van der Waals surface area contributed by atoms with Crippen LogP contribution in [0, 0.1) is 5.92 Å². The minimum absolute atomic E-state index is 0.0210. The van der Waals surface area contributed by atoms with E-state index < -0.39 is 0 Å². The highest BCUT2D eigenvalue weighted by molar-refractivity contribution is 5.97. The van der Waals surface area contributed by atoms with E-state index in [2.05, 4.69) is 22.2 Å². The molecule has 2 atom stereocenters. The summed E-state index contributed by atoms with van der Waals surface area (Å²) in [5.41, 5.74) is 2.66. The molecule has 2 amide bonds. The van der Waals surface area contributed by atoms with E-state index in [9.17, 15) is 9.59 Å². The van der Waals surface area contributed by atoms with Crippen LogP contribution in [0.15, 0.2) is 60.9 Å². The first-order chi connectivity index (χ1) is 15.1. The van der Waals surface area contributed by atoms with Crippen LogP contribution in [-0.2, 0) is 4.79 Å². The molecule has 1 saturated carbocycles. The number of benzene rings is 2. The van der Waals surface area contributed by atoms with Gasteiger partial charge in [0.1, 0.15) is 0 Å². The van der Waals surface area contributed by atoms with Crippen molar-refractivity contribution in [2.45, 2.75) is 12.3 Å². The van der Waals surface area contributed by atoms with E-state index in [-0.39, 0.29) is 23.7 Å². The third-order valence-corrected chi connectivity index (χ3v) is 6.41. The molecule has 2 heterocycles. The van der Waals surface area contributed by atoms with Crippen molar-refractivity contribution in [1.29, 1.82) is 0 Å². The lowest BCUT2D eigenvalue weighted by molar-refractivity contribution is -0.117. The summed E-state index contributed by atoms with van der Waals surface area (Å²) >= 11 is 0. The zero-order valence-corrected chi connectivity index (χ0v) is 17.6. The maximum Gasteiger partial charge on any atom is 0.253 e. The van der Waals surface area contributed by atoms with E-state index >= 15 is 0 Å². The van der Waals surface area contributed by atoms with E-state index in [1.807, 2.05) is 59.6 Å². The fourth-order valence-corrected chi connectivity index (χ4v) is 4.31. The Morgan fingerprint density at radius 1 is 0.968 bits per heavy atom. The van der Waals surface area contributed by atoms with Crippen molar-refractivity contribution in [2.75, 3.05) is 38.5 Å². The predicted octanol–water partition coefficient (Wildman–Crippen LogP) is 3.36. The van der Waals surface area contributed by atoms with Crippen LogP contribution in [-0.4, -0.2) is 59.8 Å². The Labute approximate surface area is 181 Å². The number of carbonyl (C=O) groups excluding carboxylic acids is 2. The van der Waals surface area contributed by atoms with Crippen LogP contribution in [0.2, 0.25) is 0 Å². The highest BCUT2D eigenvalue weighted by atomic mass is 16.2. The van der Waals surface area contributed by atoms with Crippen LogP contribution in [0.5, 0.6) is 0 Å². The van der Waals surface area contributed by atoms with Gasteiger partial charge in [-0.25, -0.2) is 0 Å². The van der Waals surface area contributed by atoms with Crippen LogP contribution in [0.3, 0.4) is 0 Å². The molecule has 1 aromatic heterocycles. The molecule has 5 rings (SSSR count). The number of rotatable bonds is 4. The molecule has 2 aromatic carbocycles. The van der Waals surface area contributed by atoms with Gasteiger partial charge in [0.2, 0.25) is 5.91 Å². The Hall–Kier alpha value is -3.25. The molecule has 0 bridgehead atoms. The summed E-state index contributed by atoms with van der Waals surface area (Å²) < 4.78 is 0. The van der Waals surface area contributed by atoms with Gasteiger partial charge in [-0.3, -0.25) is 14.6 Å². The minimum Gasteiger partial charge on any atom is -0.336 e. The molecule has 0 radical (unpaired) electrons. The first-order valence-electron chi connectivity index (χ1n) is 10.8. The van der Waals surface area contributed by atoms with Crippen molar-refractivity contribution in [3.63, 3.8) is 0 Å². The topological polar surface area (TPSA) is 65.5 Å². The number of fused-ring (bicyclic) bond motifs is 1. The molecule has 2 fully saturated rings. The number of piperazine rings is 1. The molecule has 0 unspecified atom stereocenters. The SMILES string of the molecule is CN1CCN(C(=O)c2ccc([C@@H]3C[C@H]3C(=O)Nc3ccc4cnccc4c3)cc2)CC1. The van der Waals surface area contributed by atoms with Crippen molar-refractivity contribution >= 4 is 28.3 Å². The highest BCUT2D eigenvalue weighted by Gasteiger charge is 2.44. The normalized spacial score (nSPS) is 21.1. The second kappa shape index (κ2) is 8.12. The van der Waals surface area contributed by atoms with Gasteiger partial charge >= 0.3 is 0 Å². The summed E-state index contributed by atoms with van der Waals surface area (Å²) in [5, 5.41) is 5.16. The van der Waals surface area contributed by atoms with Crippen molar-refractivity contribution in [3.05, 3.63) is 72.1 Å². The number of nitrogens with one attached hydrogen (secondary N) is 1. The van der Waals surface area contributed by atoms with Gasteiger partial charge < -0.3 is 15.1 Å². The monoisotopic (exact) mass is 414 g/mol. The Morgan fingerprint density at radius 2 is 1.74 bits per heavy atom. The third-order valence-electron chi connectivity index (χ3n) is 6.41. The average Bonchev–Trinajstić information content (AvgIpc) is 3.60. The Kier molecular flexibility index (Phi) is 5.16. The fourth-order valence-electron chi connectivity index (χ4n) is 4.31. The van der Waals surface area contributed by atoms with Gasteiger partial charge in [-0.1, -0.05) is 18.2 Å². The lowest BCUT2D eigenvalue weighted by Crippen LogP contribution is -2.47. The quantitative estimate of drug-likeness (QED) is 0.711. The van der Waals surface area contributed by atoms with Gasteiger partial charge in [-0.05, 0) is 60.7 Å². The lowest BCUT2D eigenvalue weighted by Gasteiger charge is -2.32. The summed E-state index contributed by atoms with van der Waals surface area (Å²) in [4.78, 5) is 33.7. The molecule has 1 N–H and O–H groups in total. The number of anilines is 1. The standard InChI is InChI=1S/C25H26N4O2/c1-28-10-12-29(13-11-28)25(31)18-4-2-17(3-5-18)22-15-23(22)24(30)27-21-7-6-20-16-26-9-8-19(20)14-21/h2-9,14,16,22-23H,10-13,15H2,1H3,(H,27,30)/t22-,23+/m0/s1. The molecule has 1 saturated heterocycles. The van der Waals surface area contributed by atoms with Crippen LogP contribution in [0.4, 0.5) is 5.69 Å². The lowest BCUT2D eigenvalue weighted by atomic mass is 10.1. The number of pyridine rings is 1. The molecule has 6 heteroatoms. The summed E-state index contributed by atoms with van der Waals surface area (Å²) in [6.45, 7) is 3.37. The average molecular weight is 415 g/mol. The molecular formula is C25H26N4O2. The highest BCUT2D eigenvalue weighted by Crippen LogP contribution is 2.48. The molecule has 1 aliphatic heterocycles. The maximum atomic E-state index is 12.7. The van der Waals surface area contributed by atoms with Crippen molar-refractivity contribution in [3.8, 4) is 0 Å². The van der Waals surface area contributed by atoms with E-state index in [0.29, 0.717) is 0 Å². The van der Waals surface area contributed by atoms with Gasteiger partial charge in [0.25, 0.3) is 5.91 Å². The summed E-state index contributed by atoms with van der Waals surface area (Å²) in [7, 11) is 2.08. The van der Waals surface area contributed by atoms with Crippen LogP contribution < -0.4 is 5.32 Å². The maximum absolute atomic E-state index is 12.7. The van der Waals surface area contributed by atoms with Crippen molar-refractivity contribution in [2.24, 2.45) is 5.92 Å². The Balaban J connectivity index is 1.20. The third kappa shape index (κ3) is 4.16. The zero-order valence-electron chi connectivity index (χ0n) is 17.6. The Bertz CT molecular complexity index is 1120. The predicted molar refractivity (Wildman–Crippen MR) is 121 cm³/mol. The summed E-state index contributed by atoms with van der Waals surface area (Å²) in [5.74, 6) is 0.344. The van der Waals surface area contributed by atoms with Gasteiger partial charge in [-0.2, -0.15) is 0 Å². The second-order valence-corrected chi connectivity index (χ2v) is 8.59. The first-order valence-corrected chi connectivity index (χ1v) is 10.8. The number of carbonyl (C=O) groups is 2. The number of hydrogen-bond donors (Lipinski definition) is 1. The molecule has 6 nitrogen and oxygen atoms in total. The Morgan fingerprint density at radius 3 is 2.52 bits per heavy atom. The number of amides is 2. The molecule has 2 aliphatic rings. The van der Waals surface area contributed by atoms with Crippen LogP contribution in [0.25, 0.3) is 10.8 Å². The van der Waals surface area contributed by atoms with Gasteiger partial charge in [0.15, 0.2) is 0 Å². The minimum atomic E-state index is -0.0210. The van der Waals surface area contributed by atoms with Crippen LogP contribution in [0.1, 0.15) is 28.3 Å². The summed E-state index contributed by atoms with van der Waals surface area (Å²) in [6, 6.07) is 15.6. The van der Waals surface area contributed by atoms with E-state index in [4.69, 9.17) is 0 Å². The van der Waals surface area contributed by atoms with Crippen molar-refractivity contribution in [1.82, 2.24) is 14.8 Å². The largest absolute Gasteiger partial charge is 0.336 e. The van der Waals surface area contributed by atoms with Crippen molar-refractivity contribution < 1.29 is 9.59 Å². The molecule has 31 heavy (non-hydrogen) atoms. The number of aromatic nitrogens is 1. The zero-order chi connectivity index (χ0) is 21.4. The first kappa shape index (κ1) is 19.7. The van der Waals surface area contributed by atoms with Gasteiger partial charge in [0, 0.05) is 61.1 Å². The second-order valence-electron chi connectivity index (χ2n) is 8.59. The molecule has 0 spiro atoms. The smallest absolute Gasteiger partial charge is 0.253 e. The van der Waals surface area contributed by atoms with Gasteiger partial charge in [0.05, 0.1) is 0 Å². The van der Waals surface area contributed by atoms with E-state index in [0.717, 1.165) is 60.2 Å². The molecule has 3 aromatic rings. The summed E-state index contributed by atoms with van der Waals surface area (Å²) in [6.07, 6.45) is 4.41. The van der Waals surface area contributed by atoms with E-state index in [1.54, 1.807) is 6.20 Å². The fraction of sp³-hybridized carbons (Fsp3) is 0.320. The van der Waals surface area contributed by atoms with Crippen LogP contribution >= 0.6 is 0 Å².